The predicted octanol–water partition coefficient (Wildman–Crippen LogP) is 3.97. The van der Waals surface area contributed by atoms with Crippen LogP contribution in [-0.2, 0) is 6.42 Å². The highest BCUT2D eigenvalue weighted by Crippen LogP contribution is 2.46. The maximum Gasteiger partial charge on any atom is 0.163 e. The van der Waals surface area contributed by atoms with Crippen LogP contribution in [0.4, 0.5) is 0 Å². The molecular formula is C18H16O. The van der Waals surface area contributed by atoms with Crippen molar-refractivity contribution in [3.05, 3.63) is 70.8 Å². The normalized spacial score (nSPS) is 24.3. The molecule has 1 nitrogen and oxygen atoms in total. The Kier molecular flexibility index (Phi) is 2.34. The van der Waals surface area contributed by atoms with Gasteiger partial charge in [-0.3, -0.25) is 4.79 Å². The van der Waals surface area contributed by atoms with Crippen LogP contribution in [0, 0.1) is 5.92 Å². The van der Waals surface area contributed by atoms with Crippen molar-refractivity contribution >= 4 is 5.78 Å². The quantitative estimate of drug-likeness (QED) is 0.689. The maximum absolute atomic E-state index is 12.3. The molecule has 0 saturated carbocycles. The van der Waals surface area contributed by atoms with Crippen LogP contribution in [-0.4, -0.2) is 5.78 Å². The predicted molar refractivity (Wildman–Crippen MR) is 75.5 cm³/mol. The van der Waals surface area contributed by atoms with Gasteiger partial charge in [0, 0.05) is 17.9 Å². The number of carbonyl (C=O) groups excluding carboxylic acids is 1. The van der Waals surface area contributed by atoms with Crippen LogP contribution in [0.25, 0.3) is 0 Å². The maximum atomic E-state index is 12.3. The Bertz CT molecular complexity index is 656. The monoisotopic (exact) mass is 248 g/mol. The number of benzene rings is 2. The Morgan fingerprint density at radius 2 is 1.63 bits per heavy atom. The van der Waals surface area contributed by atoms with Gasteiger partial charge in [0.25, 0.3) is 0 Å². The van der Waals surface area contributed by atoms with Gasteiger partial charge in [-0.1, -0.05) is 48.5 Å². The van der Waals surface area contributed by atoms with Crippen LogP contribution in [0.15, 0.2) is 48.5 Å². The second kappa shape index (κ2) is 4.06. The van der Waals surface area contributed by atoms with Crippen molar-refractivity contribution in [1.29, 1.82) is 0 Å². The Morgan fingerprint density at radius 3 is 2.53 bits per heavy atom. The fourth-order valence-electron chi connectivity index (χ4n) is 3.84. The van der Waals surface area contributed by atoms with Crippen molar-refractivity contribution in [2.45, 2.75) is 25.2 Å². The van der Waals surface area contributed by atoms with E-state index in [-0.39, 0.29) is 0 Å². The average molecular weight is 248 g/mol. The van der Waals surface area contributed by atoms with Crippen LogP contribution in [0.2, 0.25) is 0 Å². The zero-order valence-corrected chi connectivity index (χ0v) is 10.8. The summed E-state index contributed by atoms with van der Waals surface area (Å²) >= 11 is 0. The second-order valence-electron chi connectivity index (χ2n) is 5.69. The Morgan fingerprint density at radius 1 is 0.895 bits per heavy atom. The molecule has 0 bridgehead atoms. The number of rotatable bonds is 0. The van der Waals surface area contributed by atoms with E-state index in [1.165, 1.54) is 16.7 Å². The van der Waals surface area contributed by atoms with Crippen LogP contribution < -0.4 is 0 Å². The zero-order chi connectivity index (χ0) is 12.8. The standard InChI is InChI=1S/C18H16O/c19-17-11-13-10-9-12-5-1-2-6-14(12)18(13)16-8-4-3-7-15(16)17/h1-8,13,18H,9-11H2. The topological polar surface area (TPSA) is 17.1 Å². The number of Topliss-reactive ketones (excluding diaryl/α,β-unsaturated/α-hetero) is 1. The SMILES string of the molecule is O=C1CC2CCc3ccccc3C2c2ccccc21. The van der Waals surface area contributed by atoms with E-state index in [1.54, 1.807) is 0 Å². The third kappa shape index (κ3) is 1.58. The van der Waals surface area contributed by atoms with E-state index in [0.29, 0.717) is 17.6 Å². The number of aryl methyl sites for hydroxylation is 1. The molecule has 1 heteroatoms. The lowest BCUT2D eigenvalue weighted by Crippen LogP contribution is -2.29. The van der Waals surface area contributed by atoms with Crippen LogP contribution in [0.1, 0.15) is 45.8 Å². The van der Waals surface area contributed by atoms with Gasteiger partial charge in [0.05, 0.1) is 0 Å². The van der Waals surface area contributed by atoms with Crippen LogP contribution >= 0.6 is 0 Å². The molecule has 2 aromatic rings. The summed E-state index contributed by atoms with van der Waals surface area (Å²) in [6.07, 6.45) is 2.98. The largest absolute Gasteiger partial charge is 0.294 e. The highest BCUT2D eigenvalue weighted by Gasteiger charge is 2.37. The molecule has 0 heterocycles. The summed E-state index contributed by atoms with van der Waals surface area (Å²) in [6.45, 7) is 0. The summed E-state index contributed by atoms with van der Waals surface area (Å²) in [5.41, 5.74) is 5.10. The van der Waals surface area contributed by atoms with Crippen molar-refractivity contribution in [2.75, 3.05) is 0 Å². The highest BCUT2D eigenvalue weighted by molar-refractivity contribution is 5.99. The first kappa shape index (κ1) is 11.0. The Labute approximate surface area is 113 Å². The first-order valence-electron chi connectivity index (χ1n) is 7.04. The molecular weight excluding hydrogens is 232 g/mol. The number of hydrogen-bond donors (Lipinski definition) is 0. The zero-order valence-electron chi connectivity index (χ0n) is 10.8. The van der Waals surface area contributed by atoms with Gasteiger partial charge in [0.15, 0.2) is 5.78 Å². The average Bonchev–Trinajstić information content (AvgIpc) is 2.47. The Hall–Kier alpha value is -1.89. The van der Waals surface area contributed by atoms with Gasteiger partial charge in [0.2, 0.25) is 0 Å². The summed E-state index contributed by atoms with van der Waals surface area (Å²) < 4.78 is 0. The van der Waals surface area contributed by atoms with Gasteiger partial charge >= 0.3 is 0 Å². The van der Waals surface area contributed by atoms with E-state index in [1.807, 2.05) is 12.1 Å². The van der Waals surface area contributed by atoms with Crippen molar-refractivity contribution in [2.24, 2.45) is 5.92 Å². The molecule has 2 aliphatic rings. The number of carbonyl (C=O) groups is 1. The van der Waals surface area contributed by atoms with Crippen LogP contribution in [0.5, 0.6) is 0 Å². The number of ketones is 1. The van der Waals surface area contributed by atoms with Gasteiger partial charge in [-0.25, -0.2) is 0 Å². The van der Waals surface area contributed by atoms with E-state index in [4.69, 9.17) is 0 Å². The molecule has 19 heavy (non-hydrogen) atoms. The minimum atomic E-state index is 0.330. The first-order chi connectivity index (χ1) is 9.34. The molecule has 0 N–H and O–H groups in total. The minimum absolute atomic E-state index is 0.330. The van der Waals surface area contributed by atoms with Crippen molar-refractivity contribution in [3.8, 4) is 0 Å². The number of fused-ring (bicyclic) bond motifs is 5. The molecule has 0 spiro atoms. The van der Waals surface area contributed by atoms with Gasteiger partial charge in [-0.05, 0) is 35.4 Å². The summed E-state index contributed by atoms with van der Waals surface area (Å²) in [6, 6.07) is 16.9. The third-order valence-corrected chi connectivity index (χ3v) is 4.69. The smallest absolute Gasteiger partial charge is 0.163 e. The molecule has 0 amide bonds. The van der Waals surface area contributed by atoms with E-state index >= 15 is 0 Å². The molecule has 0 fully saturated rings. The summed E-state index contributed by atoms with van der Waals surface area (Å²) in [5.74, 6) is 1.26. The molecule has 94 valence electrons. The lowest BCUT2D eigenvalue weighted by molar-refractivity contribution is 0.0936. The fraction of sp³-hybridized carbons (Fsp3) is 0.278. The molecule has 2 unspecified atom stereocenters. The van der Waals surface area contributed by atoms with Crippen molar-refractivity contribution in [1.82, 2.24) is 0 Å². The van der Waals surface area contributed by atoms with E-state index in [9.17, 15) is 4.79 Å². The van der Waals surface area contributed by atoms with Gasteiger partial charge < -0.3 is 0 Å². The number of hydrogen-bond acceptors (Lipinski definition) is 1. The van der Waals surface area contributed by atoms with E-state index in [0.717, 1.165) is 24.8 Å². The molecule has 2 aliphatic carbocycles. The summed E-state index contributed by atoms with van der Waals surface area (Å²) in [7, 11) is 0. The van der Waals surface area contributed by atoms with Gasteiger partial charge in [-0.2, -0.15) is 0 Å². The van der Waals surface area contributed by atoms with E-state index < -0.39 is 0 Å². The molecule has 4 rings (SSSR count). The molecule has 0 radical (unpaired) electrons. The molecule has 2 aromatic carbocycles. The lowest BCUT2D eigenvalue weighted by atomic mass is 9.65. The molecule has 0 aliphatic heterocycles. The van der Waals surface area contributed by atoms with Crippen LogP contribution in [0.3, 0.4) is 0 Å². The molecule has 2 atom stereocenters. The first-order valence-corrected chi connectivity index (χ1v) is 7.04. The van der Waals surface area contributed by atoms with Crippen molar-refractivity contribution < 1.29 is 4.79 Å². The molecule has 0 saturated heterocycles. The lowest BCUT2D eigenvalue weighted by Gasteiger charge is -2.38. The minimum Gasteiger partial charge on any atom is -0.294 e. The van der Waals surface area contributed by atoms with E-state index in [2.05, 4.69) is 36.4 Å². The van der Waals surface area contributed by atoms with Gasteiger partial charge in [0.1, 0.15) is 0 Å². The summed E-state index contributed by atoms with van der Waals surface area (Å²) in [5, 5.41) is 0. The second-order valence-corrected chi connectivity index (χ2v) is 5.69. The van der Waals surface area contributed by atoms with Gasteiger partial charge in [-0.15, -0.1) is 0 Å². The Balaban J connectivity index is 1.95. The third-order valence-electron chi connectivity index (χ3n) is 4.69. The molecule has 0 aromatic heterocycles. The fourth-order valence-corrected chi connectivity index (χ4v) is 3.84. The highest BCUT2D eigenvalue weighted by atomic mass is 16.1. The van der Waals surface area contributed by atoms with Crippen molar-refractivity contribution in [3.63, 3.8) is 0 Å². The summed E-state index contributed by atoms with van der Waals surface area (Å²) in [4.78, 5) is 12.3.